The minimum Gasteiger partial charge on any atom is -0.480 e. The summed E-state index contributed by atoms with van der Waals surface area (Å²) in [4.78, 5) is 22.8. The predicted octanol–water partition coefficient (Wildman–Crippen LogP) is 1.03. The van der Waals surface area contributed by atoms with Crippen molar-refractivity contribution in [3.63, 3.8) is 0 Å². The quantitative estimate of drug-likeness (QED) is 0.715. The molecule has 0 radical (unpaired) electrons. The van der Waals surface area contributed by atoms with Crippen molar-refractivity contribution in [3.8, 4) is 0 Å². The number of hydrogen-bond acceptors (Lipinski definition) is 3. The number of hydrogen-bond donors (Lipinski definition) is 2. The van der Waals surface area contributed by atoms with E-state index in [0.29, 0.717) is 6.42 Å². The molecule has 0 spiro atoms. The number of carboxylic acid groups (broad SMARTS) is 1. The third kappa shape index (κ3) is 3.48. The van der Waals surface area contributed by atoms with Crippen LogP contribution in [0, 0.1) is 5.92 Å². The Morgan fingerprint density at radius 2 is 1.94 bits per heavy atom. The second-order valence-corrected chi connectivity index (χ2v) is 4.32. The van der Waals surface area contributed by atoms with E-state index in [1.807, 2.05) is 6.92 Å². The zero-order valence-corrected chi connectivity index (χ0v) is 10.5. The van der Waals surface area contributed by atoms with E-state index in [2.05, 4.69) is 5.32 Å². The number of carboxylic acids is 1. The summed E-state index contributed by atoms with van der Waals surface area (Å²) in [6, 6.07) is -0.881. The van der Waals surface area contributed by atoms with Gasteiger partial charge in [-0.1, -0.05) is 20.8 Å². The Balaban J connectivity index is 4.70. The van der Waals surface area contributed by atoms with Crippen LogP contribution in [0.5, 0.6) is 0 Å². The van der Waals surface area contributed by atoms with Crippen LogP contribution in [0.4, 0.5) is 0 Å². The first-order chi connectivity index (χ1) is 7.28. The molecule has 0 fully saturated rings. The maximum atomic E-state index is 11.8. The smallest absolute Gasteiger partial charge is 0.326 e. The van der Waals surface area contributed by atoms with Gasteiger partial charge in [-0.05, 0) is 19.3 Å². The summed E-state index contributed by atoms with van der Waals surface area (Å²) in [5.74, 6) is -1.59. The molecule has 2 atom stereocenters. The molecule has 0 rings (SSSR count). The maximum absolute atomic E-state index is 11.8. The Labute approximate surface area is 96.2 Å². The van der Waals surface area contributed by atoms with Gasteiger partial charge in [0.1, 0.15) is 11.6 Å². The van der Waals surface area contributed by atoms with Gasteiger partial charge in [0.25, 0.3) is 5.91 Å². The lowest BCUT2D eigenvalue weighted by Gasteiger charge is -2.28. The monoisotopic (exact) mass is 231 g/mol. The first kappa shape index (κ1) is 14.9. The number of carbonyl (C=O) groups is 2. The Morgan fingerprint density at radius 1 is 1.44 bits per heavy atom. The topological polar surface area (TPSA) is 75.6 Å². The zero-order valence-electron chi connectivity index (χ0n) is 10.5. The van der Waals surface area contributed by atoms with Crippen molar-refractivity contribution < 1.29 is 19.4 Å². The van der Waals surface area contributed by atoms with Gasteiger partial charge in [-0.15, -0.1) is 0 Å². The number of aliphatic carboxylic acids is 1. The molecule has 0 heterocycles. The van der Waals surface area contributed by atoms with Crippen LogP contribution in [0.1, 0.15) is 34.1 Å². The van der Waals surface area contributed by atoms with E-state index in [1.165, 1.54) is 7.11 Å². The average Bonchev–Trinajstić information content (AvgIpc) is 2.23. The van der Waals surface area contributed by atoms with Gasteiger partial charge >= 0.3 is 5.97 Å². The first-order valence-electron chi connectivity index (χ1n) is 5.37. The number of methoxy groups -OCH3 is 1. The highest BCUT2D eigenvalue weighted by molar-refractivity contribution is 5.89. The summed E-state index contributed by atoms with van der Waals surface area (Å²) in [6.45, 7) is 6.94. The van der Waals surface area contributed by atoms with Crippen LogP contribution >= 0.6 is 0 Å². The lowest BCUT2D eigenvalue weighted by molar-refractivity contribution is -0.149. The van der Waals surface area contributed by atoms with E-state index in [-0.39, 0.29) is 5.92 Å². The molecular weight excluding hydrogens is 210 g/mol. The molecule has 0 saturated carbocycles. The van der Waals surface area contributed by atoms with Crippen molar-refractivity contribution >= 4 is 11.9 Å². The molecule has 94 valence electrons. The molecule has 5 heteroatoms. The fraction of sp³-hybridized carbons (Fsp3) is 0.818. The molecule has 0 aliphatic rings. The van der Waals surface area contributed by atoms with E-state index in [0.717, 1.165) is 0 Å². The molecular formula is C11H21NO4. The third-order valence-corrected chi connectivity index (χ3v) is 2.82. The van der Waals surface area contributed by atoms with Gasteiger partial charge in [0, 0.05) is 7.11 Å². The highest BCUT2D eigenvalue weighted by Crippen LogP contribution is 2.15. The van der Waals surface area contributed by atoms with Crippen LogP contribution in [-0.4, -0.2) is 35.7 Å². The summed E-state index contributed by atoms with van der Waals surface area (Å²) >= 11 is 0. The summed E-state index contributed by atoms with van der Waals surface area (Å²) < 4.78 is 5.10. The number of amides is 1. The number of carbonyl (C=O) groups excluding carboxylic acids is 1. The lowest BCUT2D eigenvalue weighted by Crippen LogP contribution is -2.53. The van der Waals surface area contributed by atoms with E-state index in [1.54, 1.807) is 20.8 Å². The maximum Gasteiger partial charge on any atom is 0.326 e. The molecule has 1 amide bonds. The largest absolute Gasteiger partial charge is 0.480 e. The van der Waals surface area contributed by atoms with E-state index in [9.17, 15) is 9.59 Å². The van der Waals surface area contributed by atoms with Crippen molar-refractivity contribution in [2.75, 3.05) is 7.11 Å². The normalized spacial score (nSPS) is 16.6. The standard InChI is InChI=1S/C11H21NO4/c1-6-11(4,16-5)10(15)12-8(7(2)3)9(13)14/h7-8H,6H2,1-5H3,(H,12,15)(H,13,14)/t8-,11?/m1/s1. The Morgan fingerprint density at radius 3 is 2.19 bits per heavy atom. The molecule has 1 unspecified atom stereocenters. The minimum absolute atomic E-state index is 0.167. The predicted molar refractivity (Wildman–Crippen MR) is 60.1 cm³/mol. The van der Waals surface area contributed by atoms with Crippen LogP contribution in [0.15, 0.2) is 0 Å². The molecule has 0 aromatic rings. The molecule has 0 aliphatic carbocycles. The molecule has 2 N–H and O–H groups in total. The molecule has 16 heavy (non-hydrogen) atoms. The number of rotatable bonds is 6. The Hall–Kier alpha value is -1.10. The van der Waals surface area contributed by atoms with E-state index < -0.39 is 23.5 Å². The highest BCUT2D eigenvalue weighted by Gasteiger charge is 2.34. The van der Waals surface area contributed by atoms with Crippen molar-refractivity contribution in [3.05, 3.63) is 0 Å². The lowest BCUT2D eigenvalue weighted by atomic mass is 9.99. The molecule has 0 aliphatic heterocycles. The van der Waals surface area contributed by atoms with Gasteiger partial charge in [-0.25, -0.2) is 4.79 Å². The van der Waals surface area contributed by atoms with Crippen LogP contribution in [-0.2, 0) is 14.3 Å². The fourth-order valence-corrected chi connectivity index (χ4v) is 1.21. The van der Waals surface area contributed by atoms with Crippen LogP contribution < -0.4 is 5.32 Å². The fourth-order valence-electron chi connectivity index (χ4n) is 1.21. The van der Waals surface area contributed by atoms with Crippen molar-refractivity contribution in [1.82, 2.24) is 5.32 Å². The SMILES string of the molecule is CCC(C)(OC)C(=O)N[C@@H](C(=O)O)C(C)C. The second-order valence-electron chi connectivity index (χ2n) is 4.32. The molecule has 0 bridgehead atoms. The molecule has 5 nitrogen and oxygen atoms in total. The van der Waals surface area contributed by atoms with Gasteiger partial charge in [0.05, 0.1) is 0 Å². The van der Waals surface area contributed by atoms with Gasteiger partial charge in [0.15, 0.2) is 0 Å². The number of ether oxygens (including phenoxy) is 1. The molecule has 0 aromatic heterocycles. The summed E-state index contributed by atoms with van der Waals surface area (Å²) in [7, 11) is 1.44. The highest BCUT2D eigenvalue weighted by atomic mass is 16.5. The summed E-state index contributed by atoms with van der Waals surface area (Å²) in [5.41, 5.74) is -0.970. The van der Waals surface area contributed by atoms with Crippen molar-refractivity contribution in [1.29, 1.82) is 0 Å². The number of nitrogens with one attached hydrogen (secondary N) is 1. The van der Waals surface area contributed by atoms with E-state index >= 15 is 0 Å². The second kappa shape index (κ2) is 5.84. The van der Waals surface area contributed by atoms with E-state index in [4.69, 9.17) is 9.84 Å². The first-order valence-corrected chi connectivity index (χ1v) is 5.37. The van der Waals surface area contributed by atoms with Crippen molar-refractivity contribution in [2.24, 2.45) is 5.92 Å². The summed E-state index contributed by atoms with van der Waals surface area (Å²) in [5, 5.41) is 11.4. The Kier molecular flexibility index (Phi) is 5.44. The molecule has 0 aromatic carbocycles. The minimum atomic E-state index is -1.03. The average molecular weight is 231 g/mol. The van der Waals surface area contributed by atoms with Crippen LogP contribution in [0.25, 0.3) is 0 Å². The van der Waals surface area contributed by atoms with Crippen LogP contribution in [0.3, 0.4) is 0 Å². The Bertz CT molecular complexity index is 259. The molecule has 0 saturated heterocycles. The van der Waals surface area contributed by atoms with Gasteiger partial charge in [-0.2, -0.15) is 0 Å². The van der Waals surface area contributed by atoms with Gasteiger partial charge in [0.2, 0.25) is 0 Å². The van der Waals surface area contributed by atoms with Crippen molar-refractivity contribution in [2.45, 2.75) is 45.8 Å². The van der Waals surface area contributed by atoms with Crippen LogP contribution in [0.2, 0.25) is 0 Å². The van der Waals surface area contributed by atoms with Gasteiger partial charge < -0.3 is 15.2 Å². The summed E-state index contributed by atoms with van der Waals surface area (Å²) in [6.07, 6.45) is 0.486. The third-order valence-electron chi connectivity index (χ3n) is 2.82. The van der Waals surface area contributed by atoms with Gasteiger partial charge in [-0.3, -0.25) is 4.79 Å². The zero-order chi connectivity index (χ0) is 12.9.